The zero-order chi connectivity index (χ0) is 13.9. The Morgan fingerprint density at radius 3 is 2.11 bits per heavy atom. The summed E-state index contributed by atoms with van der Waals surface area (Å²) in [6.45, 7) is 5.66. The van der Waals surface area contributed by atoms with Crippen molar-refractivity contribution in [1.29, 1.82) is 0 Å². The molecular weight excluding hydrogens is 234 g/mol. The molecule has 5 nitrogen and oxygen atoms in total. The molecule has 5 heteroatoms. The lowest BCUT2D eigenvalue weighted by atomic mass is 9.76. The minimum absolute atomic E-state index is 0.0118. The highest BCUT2D eigenvalue weighted by Crippen LogP contribution is 2.36. The summed E-state index contributed by atoms with van der Waals surface area (Å²) in [6, 6.07) is 5.76. The molecule has 0 unspecified atom stereocenters. The molecule has 0 bridgehead atoms. The monoisotopic (exact) mass is 253 g/mol. The van der Waals surface area contributed by atoms with Crippen LogP contribution in [0.3, 0.4) is 0 Å². The first-order chi connectivity index (χ1) is 8.27. The second-order valence-electron chi connectivity index (χ2n) is 5.45. The summed E-state index contributed by atoms with van der Waals surface area (Å²) in [6.07, 6.45) is -0.837. The lowest BCUT2D eigenvalue weighted by molar-refractivity contribution is -0.384. The fraction of sp³-hybridized carbons (Fsp3) is 0.538. The lowest BCUT2D eigenvalue weighted by Crippen LogP contribution is -2.30. The van der Waals surface area contributed by atoms with E-state index >= 15 is 0 Å². The molecule has 0 fully saturated rings. The maximum atomic E-state index is 10.5. The van der Waals surface area contributed by atoms with Crippen LogP contribution in [0.1, 0.15) is 32.4 Å². The normalized spacial score (nSPS) is 15.2. The Hall–Kier alpha value is -1.46. The van der Waals surface area contributed by atoms with Crippen LogP contribution in [-0.2, 0) is 0 Å². The highest BCUT2D eigenvalue weighted by molar-refractivity contribution is 5.34. The van der Waals surface area contributed by atoms with E-state index in [-0.39, 0.29) is 23.6 Å². The number of rotatable bonds is 4. The van der Waals surface area contributed by atoms with Gasteiger partial charge in [-0.05, 0) is 23.1 Å². The number of aliphatic hydroxyl groups excluding tert-OH is 2. The number of non-ortho nitro benzene ring substituents is 1. The van der Waals surface area contributed by atoms with E-state index in [0.29, 0.717) is 5.56 Å². The third-order valence-electron chi connectivity index (χ3n) is 3.14. The molecule has 2 N–H and O–H groups in total. The predicted molar refractivity (Wildman–Crippen MR) is 68.1 cm³/mol. The molecule has 2 atom stereocenters. The topological polar surface area (TPSA) is 83.6 Å². The zero-order valence-corrected chi connectivity index (χ0v) is 10.8. The van der Waals surface area contributed by atoms with Gasteiger partial charge in [0.15, 0.2) is 0 Å². The van der Waals surface area contributed by atoms with Crippen LogP contribution in [0.2, 0.25) is 0 Å². The Morgan fingerprint density at radius 2 is 1.78 bits per heavy atom. The van der Waals surface area contributed by atoms with E-state index in [4.69, 9.17) is 0 Å². The van der Waals surface area contributed by atoms with Gasteiger partial charge >= 0.3 is 0 Å². The largest absolute Gasteiger partial charge is 0.396 e. The molecule has 0 heterocycles. The first-order valence-corrected chi connectivity index (χ1v) is 5.80. The lowest BCUT2D eigenvalue weighted by Gasteiger charge is -2.33. The average Bonchev–Trinajstić information content (AvgIpc) is 2.28. The van der Waals surface area contributed by atoms with Crippen LogP contribution in [0.5, 0.6) is 0 Å². The van der Waals surface area contributed by atoms with Crippen molar-refractivity contribution in [1.82, 2.24) is 0 Å². The quantitative estimate of drug-likeness (QED) is 0.637. The van der Waals surface area contributed by atoms with Crippen LogP contribution in [0.4, 0.5) is 5.69 Å². The van der Waals surface area contributed by atoms with Crippen LogP contribution in [0, 0.1) is 21.4 Å². The molecule has 0 saturated heterocycles. The van der Waals surface area contributed by atoms with Gasteiger partial charge in [0, 0.05) is 24.7 Å². The van der Waals surface area contributed by atoms with Crippen molar-refractivity contribution in [3.63, 3.8) is 0 Å². The van der Waals surface area contributed by atoms with Crippen LogP contribution in [-0.4, -0.2) is 21.7 Å². The molecule has 0 radical (unpaired) electrons. The number of nitrogens with zero attached hydrogens (tertiary/aromatic N) is 1. The molecule has 18 heavy (non-hydrogen) atoms. The Labute approximate surface area is 106 Å². The summed E-state index contributed by atoms with van der Waals surface area (Å²) in [4.78, 5) is 10.1. The number of hydrogen-bond donors (Lipinski definition) is 2. The highest BCUT2D eigenvalue weighted by Gasteiger charge is 2.31. The third-order valence-corrected chi connectivity index (χ3v) is 3.14. The van der Waals surface area contributed by atoms with Crippen molar-refractivity contribution in [2.45, 2.75) is 26.9 Å². The Balaban J connectivity index is 2.96. The second-order valence-corrected chi connectivity index (χ2v) is 5.45. The number of nitro benzene ring substituents is 1. The van der Waals surface area contributed by atoms with Gasteiger partial charge in [0.25, 0.3) is 5.69 Å². The Morgan fingerprint density at radius 1 is 1.28 bits per heavy atom. The van der Waals surface area contributed by atoms with Crippen LogP contribution in [0.15, 0.2) is 24.3 Å². The molecule has 1 rings (SSSR count). The molecule has 0 saturated carbocycles. The number of hydrogen-bond acceptors (Lipinski definition) is 4. The van der Waals surface area contributed by atoms with E-state index in [1.807, 2.05) is 20.8 Å². The summed E-state index contributed by atoms with van der Waals surface area (Å²) in [5.74, 6) is -0.320. The minimum Gasteiger partial charge on any atom is -0.396 e. The van der Waals surface area contributed by atoms with Crippen LogP contribution < -0.4 is 0 Å². The molecule has 1 aromatic rings. The maximum Gasteiger partial charge on any atom is 0.269 e. The number of aliphatic hydroxyl groups is 2. The van der Waals surface area contributed by atoms with E-state index < -0.39 is 11.0 Å². The van der Waals surface area contributed by atoms with Crippen molar-refractivity contribution < 1.29 is 15.1 Å². The summed E-state index contributed by atoms with van der Waals surface area (Å²) < 4.78 is 0. The molecular formula is C13H19NO4. The van der Waals surface area contributed by atoms with Gasteiger partial charge in [-0.25, -0.2) is 0 Å². The maximum absolute atomic E-state index is 10.5. The van der Waals surface area contributed by atoms with Gasteiger partial charge < -0.3 is 10.2 Å². The van der Waals surface area contributed by atoms with Gasteiger partial charge in [0.2, 0.25) is 0 Å². The molecule has 1 aromatic carbocycles. The SMILES string of the molecule is CC(C)(C)[C@H](CO)[C@@H](O)c1ccc([N+](=O)[O-])cc1. The molecule has 0 aromatic heterocycles. The van der Waals surface area contributed by atoms with Crippen molar-refractivity contribution in [2.24, 2.45) is 11.3 Å². The van der Waals surface area contributed by atoms with E-state index in [1.54, 1.807) is 0 Å². The van der Waals surface area contributed by atoms with E-state index in [2.05, 4.69) is 0 Å². The molecule has 0 spiro atoms. The Bertz CT molecular complexity index is 408. The van der Waals surface area contributed by atoms with E-state index in [9.17, 15) is 20.3 Å². The van der Waals surface area contributed by atoms with Gasteiger partial charge in [-0.15, -0.1) is 0 Å². The first kappa shape index (κ1) is 14.6. The fourth-order valence-electron chi connectivity index (χ4n) is 1.87. The third kappa shape index (κ3) is 3.27. The van der Waals surface area contributed by atoms with Gasteiger partial charge in [0.1, 0.15) is 0 Å². The van der Waals surface area contributed by atoms with Crippen LogP contribution >= 0.6 is 0 Å². The van der Waals surface area contributed by atoms with E-state index in [0.717, 1.165) is 0 Å². The fourth-order valence-corrected chi connectivity index (χ4v) is 1.87. The second kappa shape index (κ2) is 5.46. The highest BCUT2D eigenvalue weighted by atomic mass is 16.6. The van der Waals surface area contributed by atoms with Gasteiger partial charge in [-0.1, -0.05) is 20.8 Å². The molecule has 0 aliphatic carbocycles. The summed E-state index contributed by atoms with van der Waals surface area (Å²) in [5, 5.41) is 30.1. The van der Waals surface area contributed by atoms with Crippen LogP contribution in [0.25, 0.3) is 0 Å². The predicted octanol–water partition coefficient (Wildman–Crippen LogP) is 2.28. The average molecular weight is 253 g/mol. The smallest absolute Gasteiger partial charge is 0.269 e. The number of benzene rings is 1. The molecule has 0 aliphatic rings. The standard InChI is InChI=1S/C13H19NO4/c1-13(2,3)11(8-15)12(16)9-4-6-10(7-5-9)14(17)18/h4-7,11-12,15-16H,8H2,1-3H3/t11-,12+/m1/s1. The molecule has 0 amide bonds. The first-order valence-electron chi connectivity index (χ1n) is 5.80. The van der Waals surface area contributed by atoms with Crippen molar-refractivity contribution in [2.75, 3.05) is 6.61 Å². The van der Waals surface area contributed by atoms with Gasteiger partial charge in [-0.3, -0.25) is 10.1 Å². The Kier molecular flexibility index (Phi) is 4.43. The zero-order valence-electron chi connectivity index (χ0n) is 10.8. The van der Waals surface area contributed by atoms with E-state index in [1.165, 1.54) is 24.3 Å². The van der Waals surface area contributed by atoms with Gasteiger partial charge in [-0.2, -0.15) is 0 Å². The summed E-state index contributed by atoms with van der Waals surface area (Å²) in [7, 11) is 0. The number of nitro groups is 1. The summed E-state index contributed by atoms with van der Waals surface area (Å²) in [5.41, 5.74) is 0.312. The van der Waals surface area contributed by atoms with Crippen molar-refractivity contribution >= 4 is 5.69 Å². The van der Waals surface area contributed by atoms with Crippen molar-refractivity contribution in [3.8, 4) is 0 Å². The van der Waals surface area contributed by atoms with Crippen molar-refractivity contribution in [3.05, 3.63) is 39.9 Å². The minimum atomic E-state index is -0.837. The van der Waals surface area contributed by atoms with Gasteiger partial charge in [0.05, 0.1) is 11.0 Å². The summed E-state index contributed by atoms with van der Waals surface area (Å²) >= 11 is 0. The molecule has 100 valence electrons. The molecule has 0 aliphatic heterocycles.